The average molecular weight is 345 g/mol. The number of ketones is 1. The molecule has 0 fully saturated rings. The molecule has 5 heteroatoms. The molecule has 1 amide bonds. The molecule has 0 bridgehead atoms. The minimum absolute atomic E-state index is 0.00930. The molecule has 1 aromatic carbocycles. The first kappa shape index (κ1) is 19.2. The number of hydrogen-bond acceptors (Lipinski definition) is 4. The average Bonchev–Trinajstić information content (AvgIpc) is 2.63. The van der Waals surface area contributed by atoms with E-state index in [1.807, 2.05) is 12.1 Å². The van der Waals surface area contributed by atoms with E-state index in [4.69, 9.17) is 4.74 Å². The summed E-state index contributed by atoms with van der Waals surface area (Å²) in [5.41, 5.74) is 3.33. The first-order chi connectivity index (χ1) is 12.1. The Bertz CT molecular complexity index is 624. The molecule has 0 aromatic heterocycles. The Hall–Kier alpha value is -2.17. The lowest BCUT2D eigenvalue weighted by molar-refractivity contribution is -0.143. The van der Waals surface area contributed by atoms with Crippen LogP contribution in [0.5, 0.6) is 0 Å². The van der Waals surface area contributed by atoms with Gasteiger partial charge in [0, 0.05) is 31.4 Å². The van der Waals surface area contributed by atoms with Crippen LogP contribution in [0, 0.1) is 0 Å². The summed E-state index contributed by atoms with van der Waals surface area (Å²) >= 11 is 0. The van der Waals surface area contributed by atoms with Crippen molar-refractivity contribution in [3.63, 3.8) is 0 Å². The normalized spacial score (nSPS) is 13.0. The molecule has 1 aliphatic carbocycles. The van der Waals surface area contributed by atoms with Gasteiger partial charge in [0.1, 0.15) is 0 Å². The zero-order chi connectivity index (χ0) is 18.1. The number of ether oxygens (including phenoxy) is 1. The summed E-state index contributed by atoms with van der Waals surface area (Å²) in [4.78, 5) is 35.3. The molecule has 1 aromatic rings. The molecule has 0 spiro atoms. The van der Waals surface area contributed by atoms with Crippen molar-refractivity contribution in [1.82, 2.24) is 5.32 Å². The summed E-state index contributed by atoms with van der Waals surface area (Å²) in [5, 5.41) is 2.74. The van der Waals surface area contributed by atoms with Gasteiger partial charge in [0.05, 0.1) is 6.61 Å². The monoisotopic (exact) mass is 345 g/mol. The lowest BCUT2D eigenvalue weighted by atomic mass is 9.89. The summed E-state index contributed by atoms with van der Waals surface area (Å²) in [6.07, 6.45) is 5.76. The van der Waals surface area contributed by atoms with E-state index in [-0.39, 0.29) is 30.5 Å². The first-order valence-corrected chi connectivity index (χ1v) is 9.17. The molecule has 5 nitrogen and oxygen atoms in total. The van der Waals surface area contributed by atoms with Gasteiger partial charge < -0.3 is 10.1 Å². The number of Topliss-reactive ketones (excluding diaryl/α,β-unsaturated/α-hetero) is 1. The number of nitrogens with one attached hydrogen (secondary N) is 1. The van der Waals surface area contributed by atoms with Gasteiger partial charge in [-0.3, -0.25) is 14.4 Å². The SMILES string of the molecule is CCOC(=O)CCCNC(=O)CCC(=O)c1ccc2c(c1)CCCC2. The largest absolute Gasteiger partial charge is 0.466 e. The van der Waals surface area contributed by atoms with E-state index in [1.165, 1.54) is 24.0 Å². The molecule has 0 atom stereocenters. The molecule has 0 unspecified atom stereocenters. The smallest absolute Gasteiger partial charge is 0.305 e. The van der Waals surface area contributed by atoms with E-state index in [9.17, 15) is 14.4 Å². The highest BCUT2D eigenvalue weighted by Gasteiger charge is 2.14. The molecule has 0 aliphatic heterocycles. The number of fused-ring (bicyclic) bond motifs is 1. The molecule has 1 aliphatic rings. The third-order valence-electron chi connectivity index (χ3n) is 4.43. The molecule has 0 radical (unpaired) electrons. The Morgan fingerprint density at radius 2 is 1.80 bits per heavy atom. The van der Waals surface area contributed by atoms with Crippen LogP contribution in [-0.2, 0) is 27.2 Å². The van der Waals surface area contributed by atoms with E-state index in [0.717, 1.165) is 12.8 Å². The van der Waals surface area contributed by atoms with Crippen LogP contribution >= 0.6 is 0 Å². The van der Waals surface area contributed by atoms with Crippen LogP contribution in [0.15, 0.2) is 18.2 Å². The number of hydrogen-bond donors (Lipinski definition) is 1. The predicted molar refractivity (Wildman–Crippen MR) is 95.5 cm³/mol. The number of aryl methyl sites for hydroxylation is 2. The fourth-order valence-electron chi connectivity index (χ4n) is 3.06. The molecule has 1 N–H and O–H groups in total. The quantitative estimate of drug-likeness (QED) is 0.424. The number of benzene rings is 1. The Balaban J connectivity index is 1.69. The predicted octanol–water partition coefficient (Wildman–Crippen LogP) is 2.99. The number of rotatable bonds is 9. The molecule has 25 heavy (non-hydrogen) atoms. The Morgan fingerprint density at radius 3 is 2.56 bits per heavy atom. The number of carbonyl (C=O) groups is 3. The van der Waals surface area contributed by atoms with Crippen molar-refractivity contribution in [2.45, 2.75) is 58.3 Å². The van der Waals surface area contributed by atoms with Crippen molar-refractivity contribution >= 4 is 17.7 Å². The zero-order valence-electron chi connectivity index (χ0n) is 14.9. The number of esters is 1. The molecule has 0 saturated heterocycles. The summed E-state index contributed by atoms with van der Waals surface area (Å²) in [6.45, 7) is 2.56. The summed E-state index contributed by atoms with van der Waals surface area (Å²) in [6, 6.07) is 5.93. The molecule has 0 saturated carbocycles. The number of carbonyl (C=O) groups excluding carboxylic acids is 3. The highest BCUT2D eigenvalue weighted by atomic mass is 16.5. The zero-order valence-corrected chi connectivity index (χ0v) is 14.9. The molecule has 2 rings (SSSR count). The standard InChI is InChI=1S/C20H27NO4/c1-2-25-20(24)8-5-13-21-19(23)12-11-18(22)17-10-9-15-6-3-4-7-16(15)14-17/h9-10,14H,2-8,11-13H2,1H3,(H,21,23). The first-order valence-electron chi connectivity index (χ1n) is 9.17. The lowest BCUT2D eigenvalue weighted by Crippen LogP contribution is -2.25. The second-order valence-corrected chi connectivity index (χ2v) is 6.37. The van der Waals surface area contributed by atoms with Crippen LogP contribution in [0.2, 0.25) is 0 Å². The Labute approximate surface area is 149 Å². The highest BCUT2D eigenvalue weighted by molar-refractivity contribution is 5.98. The minimum atomic E-state index is -0.251. The third kappa shape index (κ3) is 6.33. The van der Waals surface area contributed by atoms with Gasteiger partial charge in [-0.1, -0.05) is 12.1 Å². The van der Waals surface area contributed by atoms with Crippen LogP contribution in [0.1, 0.15) is 66.9 Å². The van der Waals surface area contributed by atoms with Crippen molar-refractivity contribution in [3.8, 4) is 0 Å². The second kappa shape index (κ2) is 9.97. The summed E-state index contributed by atoms with van der Waals surface area (Å²) in [7, 11) is 0. The van der Waals surface area contributed by atoms with Gasteiger partial charge in [-0.25, -0.2) is 0 Å². The van der Waals surface area contributed by atoms with Crippen molar-refractivity contribution in [2.24, 2.45) is 0 Å². The van der Waals surface area contributed by atoms with Crippen LogP contribution in [-0.4, -0.2) is 30.8 Å². The van der Waals surface area contributed by atoms with Gasteiger partial charge in [0.2, 0.25) is 5.91 Å². The van der Waals surface area contributed by atoms with Gasteiger partial charge in [0.15, 0.2) is 5.78 Å². The van der Waals surface area contributed by atoms with E-state index < -0.39 is 0 Å². The van der Waals surface area contributed by atoms with Crippen LogP contribution in [0.3, 0.4) is 0 Å². The van der Waals surface area contributed by atoms with Crippen molar-refractivity contribution in [3.05, 3.63) is 34.9 Å². The van der Waals surface area contributed by atoms with E-state index in [1.54, 1.807) is 6.92 Å². The minimum Gasteiger partial charge on any atom is -0.466 e. The van der Waals surface area contributed by atoms with Crippen LogP contribution < -0.4 is 5.32 Å². The van der Waals surface area contributed by atoms with E-state index in [0.29, 0.717) is 31.6 Å². The van der Waals surface area contributed by atoms with Gasteiger partial charge in [0.25, 0.3) is 0 Å². The van der Waals surface area contributed by atoms with Crippen LogP contribution in [0.25, 0.3) is 0 Å². The maximum atomic E-state index is 12.3. The topological polar surface area (TPSA) is 72.5 Å². The van der Waals surface area contributed by atoms with E-state index in [2.05, 4.69) is 11.4 Å². The fourth-order valence-corrected chi connectivity index (χ4v) is 3.06. The highest BCUT2D eigenvalue weighted by Crippen LogP contribution is 2.22. The lowest BCUT2D eigenvalue weighted by Gasteiger charge is -2.16. The molecular formula is C20H27NO4. The Morgan fingerprint density at radius 1 is 1.04 bits per heavy atom. The third-order valence-corrected chi connectivity index (χ3v) is 4.43. The maximum absolute atomic E-state index is 12.3. The fraction of sp³-hybridized carbons (Fsp3) is 0.550. The van der Waals surface area contributed by atoms with Crippen LogP contribution in [0.4, 0.5) is 0 Å². The molecule has 0 heterocycles. The maximum Gasteiger partial charge on any atom is 0.305 e. The molecular weight excluding hydrogens is 318 g/mol. The van der Waals surface area contributed by atoms with Gasteiger partial charge in [-0.05, 0) is 56.2 Å². The van der Waals surface area contributed by atoms with Crippen molar-refractivity contribution < 1.29 is 19.1 Å². The van der Waals surface area contributed by atoms with Crippen molar-refractivity contribution in [2.75, 3.05) is 13.2 Å². The van der Waals surface area contributed by atoms with Crippen molar-refractivity contribution in [1.29, 1.82) is 0 Å². The van der Waals surface area contributed by atoms with E-state index >= 15 is 0 Å². The van der Waals surface area contributed by atoms with Gasteiger partial charge >= 0.3 is 5.97 Å². The Kier molecular flexibility index (Phi) is 7.64. The molecule has 136 valence electrons. The summed E-state index contributed by atoms with van der Waals surface area (Å²) < 4.78 is 4.82. The summed E-state index contributed by atoms with van der Waals surface area (Å²) in [5.74, 6) is -0.399. The second-order valence-electron chi connectivity index (χ2n) is 6.37. The number of amides is 1. The van der Waals surface area contributed by atoms with Gasteiger partial charge in [-0.2, -0.15) is 0 Å². The van der Waals surface area contributed by atoms with Gasteiger partial charge in [-0.15, -0.1) is 0 Å².